The first-order valence-electron chi connectivity index (χ1n) is 26.6. The van der Waals surface area contributed by atoms with Crippen LogP contribution in [0.2, 0.25) is 0 Å². The molecule has 4 heteroatoms. The third-order valence-electron chi connectivity index (χ3n) is 11.5. The summed E-state index contributed by atoms with van der Waals surface area (Å²) in [5.41, 5.74) is 2.47. The monoisotopic (exact) mass is 842 g/mol. The van der Waals surface area contributed by atoms with E-state index in [1.165, 1.54) is 134 Å². The zero-order chi connectivity index (χ0) is 45.7. The third kappa shape index (κ3) is 27.3. The van der Waals surface area contributed by atoms with Gasteiger partial charge >= 0.3 is 0 Å². The molecule has 0 radical (unpaired) electrons. The van der Waals surface area contributed by atoms with Gasteiger partial charge in [0.05, 0.1) is 17.9 Å². The summed E-state index contributed by atoms with van der Waals surface area (Å²) in [6.07, 6.45) is 30.9. The van der Waals surface area contributed by atoms with Crippen molar-refractivity contribution in [3.8, 4) is 0 Å². The van der Waals surface area contributed by atoms with Crippen LogP contribution in [-0.2, 0) is 14.2 Å². The molecule has 354 valence electrons. The highest BCUT2D eigenvalue weighted by molar-refractivity contribution is 5.18. The first-order chi connectivity index (χ1) is 29.7. The van der Waals surface area contributed by atoms with Crippen LogP contribution in [-0.4, -0.2) is 30.9 Å². The van der Waals surface area contributed by atoms with Crippen LogP contribution in [0, 0.1) is 23.7 Å². The van der Waals surface area contributed by atoms with Crippen LogP contribution in [0.1, 0.15) is 256 Å². The number of benzene rings is 1. The molecule has 4 aliphatic rings. The standard InChI is InChI=1S/C15H28O.C15H22O.C14H21NO.6C2H6/c2*1-2-16-15(13-9-5-3-6-10-13)14-11-7-4-8-12-14;1-2-16-14(12-8-4-3-5-9-12)13-10-6-7-11-15-13;6*1-2/h13-15H,2-12H2,1H3;3,5-6,9-10,14-15H,2,4,7-8,11-12H2,1H3;6-7,10-12,14H,2-5,8-9H2,1H3;6*1-2H3. The lowest BCUT2D eigenvalue weighted by Gasteiger charge is -2.37. The van der Waals surface area contributed by atoms with E-state index in [-0.39, 0.29) is 6.10 Å². The van der Waals surface area contributed by atoms with Crippen molar-refractivity contribution in [2.24, 2.45) is 23.7 Å². The second-order valence-corrected chi connectivity index (χ2v) is 14.9. The number of hydrogen-bond donors (Lipinski definition) is 0. The Morgan fingerprint density at radius 1 is 0.400 bits per heavy atom. The summed E-state index contributed by atoms with van der Waals surface area (Å²) in [5, 5.41) is 0. The van der Waals surface area contributed by atoms with E-state index in [4.69, 9.17) is 14.2 Å². The van der Waals surface area contributed by atoms with Crippen LogP contribution >= 0.6 is 0 Å². The van der Waals surface area contributed by atoms with Gasteiger partial charge in [-0.3, -0.25) is 4.98 Å². The molecule has 0 bridgehead atoms. The molecular weight excluding hydrogens is 735 g/mol. The van der Waals surface area contributed by atoms with E-state index >= 15 is 0 Å². The summed E-state index contributed by atoms with van der Waals surface area (Å²) in [5.74, 6) is 3.17. The van der Waals surface area contributed by atoms with Gasteiger partial charge in [-0.05, 0) is 114 Å². The van der Waals surface area contributed by atoms with Crippen molar-refractivity contribution in [3.63, 3.8) is 0 Å². The molecule has 4 saturated carbocycles. The van der Waals surface area contributed by atoms with E-state index in [0.29, 0.717) is 18.1 Å². The van der Waals surface area contributed by atoms with Crippen molar-refractivity contribution in [3.05, 3.63) is 66.0 Å². The Balaban J connectivity index is -0.000000720. The molecule has 1 heterocycles. The van der Waals surface area contributed by atoms with Gasteiger partial charge in [0.25, 0.3) is 0 Å². The summed E-state index contributed by atoms with van der Waals surface area (Å²) in [6, 6.07) is 16.8. The van der Waals surface area contributed by atoms with Gasteiger partial charge in [-0.25, -0.2) is 0 Å². The van der Waals surface area contributed by atoms with Crippen LogP contribution in [0.15, 0.2) is 54.7 Å². The maximum atomic E-state index is 6.12. The molecule has 0 amide bonds. The fourth-order valence-electron chi connectivity index (χ4n) is 9.16. The lowest BCUT2D eigenvalue weighted by atomic mass is 9.75. The van der Waals surface area contributed by atoms with Gasteiger partial charge in [-0.1, -0.05) is 197 Å². The molecule has 4 aliphatic carbocycles. The van der Waals surface area contributed by atoms with Crippen molar-refractivity contribution in [2.75, 3.05) is 19.8 Å². The number of aromatic nitrogens is 1. The third-order valence-corrected chi connectivity index (χ3v) is 11.5. The predicted octanol–water partition coefficient (Wildman–Crippen LogP) is 18.8. The molecule has 0 N–H and O–H groups in total. The van der Waals surface area contributed by atoms with Crippen LogP contribution in [0.3, 0.4) is 0 Å². The molecule has 2 aromatic rings. The molecule has 0 spiro atoms. The Morgan fingerprint density at radius 3 is 1.08 bits per heavy atom. The summed E-state index contributed by atoms with van der Waals surface area (Å²) in [4.78, 5) is 4.45. The van der Waals surface area contributed by atoms with Gasteiger partial charge in [0.15, 0.2) is 0 Å². The van der Waals surface area contributed by atoms with E-state index in [1.54, 1.807) is 0 Å². The van der Waals surface area contributed by atoms with Crippen LogP contribution < -0.4 is 0 Å². The average Bonchev–Trinajstić information content (AvgIpc) is 3.37. The van der Waals surface area contributed by atoms with Crippen molar-refractivity contribution in [2.45, 2.75) is 251 Å². The van der Waals surface area contributed by atoms with Crippen LogP contribution in [0.25, 0.3) is 0 Å². The highest BCUT2D eigenvalue weighted by atomic mass is 16.5. The number of hydrogen-bond acceptors (Lipinski definition) is 4. The molecule has 6 rings (SSSR count). The Labute approximate surface area is 377 Å². The van der Waals surface area contributed by atoms with Gasteiger partial charge in [0.1, 0.15) is 6.10 Å². The fourth-order valence-corrected chi connectivity index (χ4v) is 9.16. The molecule has 4 fully saturated rings. The van der Waals surface area contributed by atoms with Gasteiger partial charge in [-0.2, -0.15) is 0 Å². The van der Waals surface area contributed by atoms with Gasteiger partial charge in [0.2, 0.25) is 0 Å². The molecule has 60 heavy (non-hydrogen) atoms. The minimum absolute atomic E-state index is 0.214. The summed E-state index contributed by atoms with van der Waals surface area (Å²) in [7, 11) is 0. The SMILES string of the molecule is CC.CC.CC.CC.CC.CC.CCOC(C1CCCCC1)C1CCCCC1.CCOC(c1ccccc1)C1CCCCC1.CCOC(c1ccccn1)C1CCCCC1. The topological polar surface area (TPSA) is 40.6 Å². The van der Waals surface area contributed by atoms with Crippen molar-refractivity contribution in [1.82, 2.24) is 4.98 Å². The zero-order valence-electron chi connectivity index (χ0n) is 43.2. The molecule has 4 nitrogen and oxygen atoms in total. The van der Waals surface area contributed by atoms with Gasteiger partial charge in [0, 0.05) is 26.0 Å². The summed E-state index contributed by atoms with van der Waals surface area (Å²) < 4.78 is 18.0. The fraction of sp³-hybridized carbons (Fsp3) is 0.804. The van der Waals surface area contributed by atoms with E-state index in [2.05, 4.69) is 68.2 Å². The minimum atomic E-state index is 0.214. The molecule has 2 unspecified atom stereocenters. The maximum Gasteiger partial charge on any atom is 0.102 e. The van der Waals surface area contributed by atoms with E-state index in [1.807, 2.05) is 95.3 Å². The Bertz CT molecular complexity index is 943. The molecule has 1 aromatic heterocycles. The maximum absolute atomic E-state index is 6.12. The normalized spacial score (nSPS) is 17.7. The Hall–Kier alpha value is -1.75. The first-order valence-corrected chi connectivity index (χ1v) is 26.6. The Morgan fingerprint density at radius 2 is 0.733 bits per heavy atom. The Kier molecular flexibility index (Phi) is 50.3. The molecule has 0 aliphatic heterocycles. The number of nitrogens with zero attached hydrogens (tertiary/aromatic N) is 1. The van der Waals surface area contributed by atoms with Crippen LogP contribution in [0.5, 0.6) is 0 Å². The van der Waals surface area contributed by atoms with E-state index in [9.17, 15) is 0 Å². The molecular formula is C56H107NO3. The van der Waals surface area contributed by atoms with Crippen molar-refractivity contribution in [1.29, 1.82) is 0 Å². The van der Waals surface area contributed by atoms with E-state index < -0.39 is 0 Å². The number of rotatable bonds is 12. The average molecular weight is 842 g/mol. The molecule has 0 saturated heterocycles. The zero-order valence-corrected chi connectivity index (χ0v) is 43.2. The molecule has 2 atom stereocenters. The highest BCUT2D eigenvalue weighted by Crippen LogP contribution is 2.39. The second-order valence-electron chi connectivity index (χ2n) is 14.9. The first kappa shape index (κ1) is 62.5. The number of ether oxygens (including phenoxy) is 3. The van der Waals surface area contributed by atoms with Gasteiger partial charge in [-0.15, -0.1) is 0 Å². The predicted molar refractivity (Wildman–Crippen MR) is 269 cm³/mol. The quantitative estimate of drug-likeness (QED) is 0.213. The van der Waals surface area contributed by atoms with Crippen LogP contribution in [0.4, 0.5) is 0 Å². The lowest BCUT2D eigenvalue weighted by molar-refractivity contribution is -0.0411. The largest absolute Gasteiger partial charge is 0.378 e. The molecule has 1 aromatic carbocycles. The number of pyridine rings is 1. The summed E-state index contributed by atoms with van der Waals surface area (Å²) in [6.45, 7) is 32.8. The van der Waals surface area contributed by atoms with E-state index in [0.717, 1.165) is 43.3 Å². The highest BCUT2D eigenvalue weighted by Gasteiger charge is 2.32. The van der Waals surface area contributed by atoms with Crippen molar-refractivity contribution < 1.29 is 14.2 Å². The minimum Gasteiger partial charge on any atom is -0.378 e. The second kappa shape index (κ2) is 48.3. The lowest BCUT2D eigenvalue weighted by Crippen LogP contribution is -2.34. The smallest absolute Gasteiger partial charge is 0.102 e. The van der Waals surface area contributed by atoms with Crippen molar-refractivity contribution >= 4 is 0 Å². The van der Waals surface area contributed by atoms with Gasteiger partial charge < -0.3 is 14.2 Å². The summed E-state index contributed by atoms with van der Waals surface area (Å²) >= 11 is 0.